The Morgan fingerprint density at radius 3 is 2.40 bits per heavy atom. The number of nitrogens with two attached hydrogens (primary N) is 1. The van der Waals surface area contributed by atoms with Gasteiger partial charge in [0.25, 0.3) is 17.4 Å². The molecule has 2 amide bonds. The number of nitrogen functional groups attached to an aromatic ring is 1. The molecule has 0 unspecified atom stereocenters. The minimum Gasteiger partial charge on any atom is -0.384 e. The molecular formula is C15H10F3N3O3S. The highest BCUT2D eigenvalue weighted by Gasteiger charge is 2.34. The average molecular weight is 369 g/mol. The highest BCUT2D eigenvalue weighted by atomic mass is 32.2. The Labute approximate surface area is 142 Å². The fourth-order valence-corrected chi connectivity index (χ4v) is 3.13. The van der Waals surface area contributed by atoms with E-state index in [0.717, 1.165) is 34.5 Å². The highest BCUT2D eigenvalue weighted by molar-refractivity contribution is 7.98. The third-order valence-corrected chi connectivity index (χ3v) is 4.49. The third-order valence-electron chi connectivity index (χ3n) is 3.70. The standard InChI is InChI=1S/C15H10F3N3O3S/c1-25-9-3-2-6(15(16,17)18)4-8(9)21-10(22)5-7-11(12(21)19)14(24)20-13(7)23/h2-5H,19H2,1H3,(H,20,23,24). The lowest BCUT2D eigenvalue weighted by atomic mass is 10.1. The number of halogens is 3. The number of pyridine rings is 1. The van der Waals surface area contributed by atoms with Crippen molar-refractivity contribution in [1.82, 2.24) is 9.88 Å². The van der Waals surface area contributed by atoms with Crippen LogP contribution in [0, 0.1) is 0 Å². The molecule has 25 heavy (non-hydrogen) atoms. The van der Waals surface area contributed by atoms with Crippen LogP contribution < -0.4 is 16.6 Å². The summed E-state index contributed by atoms with van der Waals surface area (Å²) in [4.78, 5) is 36.2. The van der Waals surface area contributed by atoms with E-state index in [1.807, 2.05) is 5.32 Å². The summed E-state index contributed by atoms with van der Waals surface area (Å²) in [5.41, 5.74) is 3.56. The van der Waals surface area contributed by atoms with Gasteiger partial charge in [-0.1, -0.05) is 0 Å². The zero-order valence-corrected chi connectivity index (χ0v) is 13.4. The number of nitrogens with zero attached hydrogens (tertiary/aromatic N) is 1. The van der Waals surface area contributed by atoms with Gasteiger partial charge in [0.15, 0.2) is 0 Å². The number of amides is 2. The normalized spacial score (nSPS) is 13.8. The largest absolute Gasteiger partial charge is 0.416 e. The van der Waals surface area contributed by atoms with Gasteiger partial charge in [-0.15, -0.1) is 11.8 Å². The van der Waals surface area contributed by atoms with E-state index in [0.29, 0.717) is 4.90 Å². The number of benzene rings is 1. The van der Waals surface area contributed by atoms with Gasteiger partial charge in [-0.3, -0.25) is 24.3 Å². The SMILES string of the molecule is CSc1ccc(C(F)(F)F)cc1-n1c(N)c2c(cc1=O)C(=O)NC2=O. The maximum Gasteiger partial charge on any atom is 0.416 e. The minimum atomic E-state index is -4.62. The van der Waals surface area contributed by atoms with Gasteiger partial charge in [0, 0.05) is 11.0 Å². The molecule has 0 fully saturated rings. The lowest BCUT2D eigenvalue weighted by Gasteiger charge is -2.17. The molecule has 0 atom stereocenters. The summed E-state index contributed by atoms with van der Waals surface area (Å²) >= 11 is 1.11. The minimum absolute atomic E-state index is 0.111. The molecule has 10 heteroatoms. The van der Waals surface area contributed by atoms with Gasteiger partial charge < -0.3 is 5.73 Å². The van der Waals surface area contributed by atoms with Crippen LogP contribution in [0.2, 0.25) is 0 Å². The number of alkyl halides is 3. The third kappa shape index (κ3) is 2.68. The van der Waals surface area contributed by atoms with Crippen molar-refractivity contribution in [2.45, 2.75) is 11.1 Å². The first kappa shape index (κ1) is 17.1. The Bertz CT molecular complexity index is 982. The Morgan fingerprint density at radius 2 is 1.80 bits per heavy atom. The summed E-state index contributed by atoms with van der Waals surface area (Å²) in [6.07, 6.45) is -2.99. The Hall–Kier alpha value is -2.75. The quantitative estimate of drug-likeness (QED) is 0.624. The number of imide groups is 1. The van der Waals surface area contributed by atoms with E-state index >= 15 is 0 Å². The molecule has 3 N–H and O–H groups in total. The number of carbonyl (C=O) groups excluding carboxylic acids is 2. The predicted molar refractivity (Wildman–Crippen MR) is 85.0 cm³/mol. The molecule has 2 heterocycles. The monoisotopic (exact) mass is 369 g/mol. The van der Waals surface area contributed by atoms with Crippen molar-refractivity contribution < 1.29 is 22.8 Å². The number of thioether (sulfide) groups is 1. The van der Waals surface area contributed by atoms with E-state index in [2.05, 4.69) is 0 Å². The fraction of sp³-hybridized carbons (Fsp3) is 0.133. The molecule has 0 radical (unpaired) electrons. The topological polar surface area (TPSA) is 94.2 Å². The molecule has 1 aromatic carbocycles. The fourth-order valence-electron chi connectivity index (χ4n) is 2.57. The summed E-state index contributed by atoms with van der Waals surface area (Å²) in [6.45, 7) is 0. The zero-order chi connectivity index (χ0) is 18.5. The van der Waals surface area contributed by atoms with E-state index < -0.39 is 29.1 Å². The Balaban J connectivity index is 2.35. The van der Waals surface area contributed by atoms with Crippen molar-refractivity contribution >= 4 is 29.4 Å². The summed E-state index contributed by atoms with van der Waals surface area (Å²) in [5, 5.41) is 2.00. The van der Waals surface area contributed by atoms with E-state index in [1.54, 1.807) is 6.26 Å². The lowest BCUT2D eigenvalue weighted by molar-refractivity contribution is -0.137. The Kier molecular flexibility index (Phi) is 3.87. The maximum atomic E-state index is 13.0. The molecular weight excluding hydrogens is 359 g/mol. The molecule has 1 aromatic heterocycles. The van der Waals surface area contributed by atoms with Crippen molar-refractivity contribution in [3.8, 4) is 5.69 Å². The molecule has 3 rings (SSSR count). The van der Waals surface area contributed by atoms with Gasteiger partial charge in [0.1, 0.15) is 5.82 Å². The maximum absolute atomic E-state index is 13.0. The molecule has 0 spiro atoms. The molecule has 0 saturated heterocycles. The van der Waals surface area contributed by atoms with Gasteiger partial charge in [-0.2, -0.15) is 13.2 Å². The highest BCUT2D eigenvalue weighted by Crippen LogP contribution is 2.35. The number of hydrogen-bond acceptors (Lipinski definition) is 5. The molecule has 1 aliphatic rings. The number of nitrogens with one attached hydrogen (secondary N) is 1. The number of fused-ring (bicyclic) bond motifs is 1. The first-order valence-electron chi connectivity index (χ1n) is 6.82. The first-order chi connectivity index (χ1) is 11.6. The van der Waals surface area contributed by atoms with Crippen LogP contribution in [-0.2, 0) is 6.18 Å². The van der Waals surface area contributed by atoms with Crippen LogP contribution in [-0.4, -0.2) is 22.6 Å². The first-order valence-corrected chi connectivity index (χ1v) is 8.04. The van der Waals surface area contributed by atoms with Gasteiger partial charge in [0.2, 0.25) is 0 Å². The van der Waals surface area contributed by atoms with Crippen molar-refractivity contribution in [2.24, 2.45) is 0 Å². The second-order valence-corrected chi connectivity index (χ2v) is 6.01. The van der Waals surface area contributed by atoms with Crippen LogP contribution in [0.1, 0.15) is 26.3 Å². The second kappa shape index (κ2) is 5.66. The van der Waals surface area contributed by atoms with Crippen LogP contribution >= 0.6 is 11.8 Å². The molecule has 0 bridgehead atoms. The second-order valence-electron chi connectivity index (χ2n) is 5.16. The summed E-state index contributed by atoms with van der Waals surface area (Å²) < 4.78 is 39.9. The number of rotatable bonds is 2. The Morgan fingerprint density at radius 1 is 1.12 bits per heavy atom. The van der Waals surface area contributed by atoms with Crippen LogP contribution in [0.3, 0.4) is 0 Å². The number of aromatic nitrogens is 1. The van der Waals surface area contributed by atoms with Crippen molar-refractivity contribution in [3.63, 3.8) is 0 Å². The van der Waals surface area contributed by atoms with Crippen molar-refractivity contribution in [3.05, 3.63) is 51.3 Å². The molecule has 6 nitrogen and oxygen atoms in total. The van der Waals surface area contributed by atoms with Gasteiger partial charge in [-0.25, -0.2) is 0 Å². The van der Waals surface area contributed by atoms with E-state index in [9.17, 15) is 27.6 Å². The summed E-state index contributed by atoms with van der Waals surface area (Å²) in [5.74, 6) is -1.96. The lowest BCUT2D eigenvalue weighted by Crippen LogP contribution is -2.25. The van der Waals surface area contributed by atoms with Crippen LogP contribution in [0.4, 0.5) is 19.0 Å². The van der Waals surface area contributed by atoms with Gasteiger partial charge in [0.05, 0.1) is 22.4 Å². The molecule has 130 valence electrons. The summed E-state index contributed by atoms with van der Waals surface area (Å²) in [6, 6.07) is 3.77. The number of anilines is 1. The van der Waals surface area contributed by atoms with Crippen molar-refractivity contribution in [1.29, 1.82) is 0 Å². The van der Waals surface area contributed by atoms with Gasteiger partial charge >= 0.3 is 6.18 Å². The predicted octanol–water partition coefficient (Wildman–Crippen LogP) is 2.04. The van der Waals surface area contributed by atoms with E-state index in [-0.39, 0.29) is 22.6 Å². The number of carbonyl (C=O) groups is 2. The zero-order valence-electron chi connectivity index (χ0n) is 12.6. The molecule has 1 aliphatic heterocycles. The molecule has 0 aliphatic carbocycles. The summed E-state index contributed by atoms with van der Waals surface area (Å²) in [7, 11) is 0. The molecule has 2 aromatic rings. The smallest absolute Gasteiger partial charge is 0.384 e. The van der Waals surface area contributed by atoms with Crippen LogP contribution in [0.15, 0.2) is 34.0 Å². The average Bonchev–Trinajstić information content (AvgIpc) is 2.80. The van der Waals surface area contributed by atoms with E-state index in [1.165, 1.54) is 6.07 Å². The molecule has 0 saturated carbocycles. The van der Waals surface area contributed by atoms with Crippen molar-refractivity contribution in [2.75, 3.05) is 12.0 Å². The van der Waals surface area contributed by atoms with Crippen LogP contribution in [0.5, 0.6) is 0 Å². The van der Waals surface area contributed by atoms with Crippen LogP contribution in [0.25, 0.3) is 5.69 Å². The number of hydrogen-bond donors (Lipinski definition) is 2. The van der Waals surface area contributed by atoms with Gasteiger partial charge in [-0.05, 0) is 24.5 Å². The van der Waals surface area contributed by atoms with E-state index in [4.69, 9.17) is 5.73 Å².